The molecule has 2 saturated heterocycles. The van der Waals surface area contributed by atoms with Crippen LogP contribution in [0.5, 0.6) is 0 Å². The number of hydrogen-bond donors (Lipinski definition) is 1. The highest BCUT2D eigenvalue weighted by atomic mass is 32.1. The third-order valence-corrected chi connectivity index (χ3v) is 14.5. The lowest BCUT2D eigenvalue weighted by Gasteiger charge is -2.31. The van der Waals surface area contributed by atoms with Crippen LogP contribution in [0, 0.1) is 70.3 Å². The molecule has 1 aromatic carbocycles. The van der Waals surface area contributed by atoms with Crippen molar-refractivity contribution in [2.75, 3.05) is 52.4 Å². The summed E-state index contributed by atoms with van der Waals surface area (Å²) in [5.74, 6) is 0.405. The summed E-state index contributed by atoms with van der Waals surface area (Å²) in [5, 5.41) is 42.6. The van der Waals surface area contributed by atoms with E-state index in [1.165, 1.54) is 28.2 Å². The number of hydrogen-bond acceptors (Lipinski definition) is 10. The molecule has 0 radical (unpaired) electrons. The smallest absolute Gasteiger partial charge is 0.241 e. The van der Waals surface area contributed by atoms with Gasteiger partial charge in [-0.25, -0.2) is 9.69 Å². The van der Waals surface area contributed by atoms with Crippen molar-refractivity contribution in [2.24, 2.45) is 11.8 Å². The second kappa shape index (κ2) is 23.9. The molecule has 310 valence electrons. The summed E-state index contributed by atoms with van der Waals surface area (Å²) in [7, 11) is 0. The molecule has 0 aliphatic carbocycles. The maximum Gasteiger partial charge on any atom is 0.241 e. The molecule has 2 unspecified atom stereocenters. The van der Waals surface area contributed by atoms with Gasteiger partial charge in [-0.05, 0) is 94.2 Å². The SMILES string of the molecule is [C-]#[N+]c1ccc(C(C#N)(CCCN2CC[C@@H](N(CCC#N)Cc3ccccc3)C2)C(C)C)s1.[C-]#[N+]c1ccc(C(C#N)(CCCN2CC[C@@H](NCCC#N)C2)C(C)C)s1. The van der Waals surface area contributed by atoms with Gasteiger partial charge in [0.15, 0.2) is 0 Å². The quantitative estimate of drug-likeness (QED) is 0.0882. The number of nitrogens with zero attached hydrogens (tertiary/aromatic N) is 9. The van der Waals surface area contributed by atoms with Crippen LogP contribution in [0.25, 0.3) is 9.69 Å². The molecule has 59 heavy (non-hydrogen) atoms. The zero-order valence-electron chi connectivity index (χ0n) is 35.4. The minimum atomic E-state index is -0.529. The van der Waals surface area contributed by atoms with E-state index in [-0.39, 0.29) is 11.8 Å². The lowest BCUT2D eigenvalue weighted by molar-refractivity contribution is 0.186. The van der Waals surface area contributed by atoms with Crippen molar-refractivity contribution in [3.05, 3.63) is 92.7 Å². The standard InChI is InChI=1S/C27H33N5S.C20H27N5S/c1-22(2)27(21-29,25-11-12-26(30-3)33-25)14-7-16-31-18-13-24(20-31)32(17-8-15-28)19-23-9-5-4-6-10-23;1-16(2)20(15-22,18-6-7-19(23-3)26-18)9-4-12-25-13-8-17(14-25)24-11-5-10-21/h4-6,9-12,22,24H,7-8,13-14,16-20H2,1-2H3;6-7,16-17,24H,4-5,8-9,11-14H2,1-2H3/t24-,27?;17-,20?/m11/s1. The van der Waals surface area contributed by atoms with Crippen molar-refractivity contribution in [3.8, 4) is 24.3 Å². The third-order valence-electron chi connectivity index (χ3n) is 12.2. The van der Waals surface area contributed by atoms with Crippen molar-refractivity contribution in [1.82, 2.24) is 20.0 Å². The molecule has 4 atom stereocenters. The van der Waals surface area contributed by atoms with Gasteiger partial charge in [-0.15, -0.1) is 0 Å². The molecule has 5 rings (SSSR count). The fourth-order valence-corrected chi connectivity index (χ4v) is 10.8. The molecular formula is C47H60N10S2. The first-order valence-electron chi connectivity index (χ1n) is 21.1. The van der Waals surface area contributed by atoms with E-state index >= 15 is 0 Å². The molecular weight excluding hydrogens is 769 g/mol. The van der Waals surface area contributed by atoms with Gasteiger partial charge in [-0.2, -0.15) is 43.7 Å². The van der Waals surface area contributed by atoms with Crippen LogP contribution in [-0.2, 0) is 17.4 Å². The lowest BCUT2D eigenvalue weighted by Crippen LogP contribution is -2.38. The molecule has 2 aliphatic heterocycles. The van der Waals surface area contributed by atoms with Gasteiger partial charge in [0.1, 0.15) is 0 Å². The van der Waals surface area contributed by atoms with Crippen LogP contribution < -0.4 is 5.32 Å². The van der Waals surface area contributed by atoms with Crippen LogP contribution in [0.15, 0.2) is 54.6 Å². The van der Waals surface area contributed by atoms with E-state index in [2.05, 4.69) is 106 Å². The lowest BCUT2D eigenvalue weighted by atomic mass is 9.73. The third kappa shape index (κ3) is 12.9. The summed E-state index contributed by atoms with van der Waals surface area (Å²) < 4.78 is 0. The van der Waals surface area contributed by atoms with Gasteiger partial charge in [0.05, 0.1) is 48.3 Å². The molecule has 2 aliphatic rings. The van der Waals surface area contributed by atoms with Crippen LogP contribution in [0.1, 0.15) is 94.4 Å². The highest BCUT2D eigenvalue weighted by Gasteiger charge is 2.38. The van der Waals surface area contributed by atoms with Crippen molar-refractivity contribution in [1.29, 1.82) is 21.0 Å². The second-order valence-corrected chi connectivity index (χ2v) is 18.6. The van der Waals surface area contributed by atoms with Crippen LogP contribution in [0.4, 0.5) is 10.0 Å². The Bertz CT molecular complexity index is 2000. The van der Waals surface area contributed by atoms with Crippen LogP contribution in [0.2, 0.25) is 0 Å². The predicted molar refractivity (Wildman–Crippen MR) is 239 cm³/mol. The predicted octanol–water partition coefficient (Wildman–Crippen LogP) is 10.1. The van der Waals surface area contributed by atoms with E-state index in [1.54, 1.807) is 0 Å². The largest absolute Gasteiger partial charge is 0.312 e. The topological polar surface area (TPSA) is 126 Å². The number of nitriles is 4. The van der Waals surface area contributed by atoms with Gasteiger partial charge in [-0.1, -0.05) is 70.2 Å². The van der Waals surface area contributed by atoms with E-state index in [0.717, 1.165) is 107 Å². The molecule has 0 amide bonds. The van der Waals surface area contributed by atoms with E-state index in [9.17, 15) is 10.5 Å². The fraction of sp³-hybridized carbons (Fsp3) is 0.574. The highest BCUT2D eigenvalue weighted by molar-refractivity contribution is 7.16. The number of likely N-dealkylation sites (tertiary alicyclic amines) is 2. The minimum Gasteiger partial charge on any atom is -0.312 e. The highest BCUT2D eigenvalue weighted by Crippen LogP contribution is 2.43. The average Bonchev–Trinajstić information content (AvgIpc) is 4.09. The Hall–Kier alpha value is -4.60. The molecule has 12 heteroatoms. The van der Waals surface area contributed by atoms with Gasteiger partial charge < -0.3 is 15.1 Å². The normalized spacial score (nSPS) is 18.7. The van der Waals surface area contributed by atoms with Crippen molar-refractivity contribution >= 4 is 32.7 Å². The van der Waals surface area contributed by atoms with E-state index in [1.807, 2.05) is 30.3 Å². The van der Waals surface area contributed by atoms with Gasteiger partial charge in [0.2, 0.25) is 10.0 Å². The monoisotopic (exact) mass is 828 g/mol. The summed E-state index contributed by atoms with van der Waals surface area (Å²) in [6, 6.07) is 28.7. The van der Waals surface area contributed by atoms with Crippen molar-refractivity contribution in [3.63, 3.8) is 0 Å². The zero-order valence-corrected chi connectivity index (χ0v) is 37.0. The number of benzene rings is 1. The first-order chi connectivity index (χ1) is 28.6. The molecule has 0 bridgehead atoms. The molecule has 4 heterocycles. The second-order valence-electron chi connectivity index (χ2n) is 16.4. The van der Waals surface area contributed by atoms with Crippen LogP contribution >= 0.6 is 22.7 Å². The number of thiophene rings is 2. The minimum absolute atomic E-state index is 0.193. The van der Waals surface area contributed by atoms with Gasteiger partial charge in [-0.3, -0.25) is 4.90 Å². The number of nitrogens with one attached hydrogen (secondary N) is 1. The summed E-state index contributed by atoms with van der Waals surface area (Å²) in [6.45, 7) is 31.5. The Balaban J connectivity index is 0.000000268. The van der Waals surface area contributed by atoms with E-state index in [0.29, 0.717) is 34.9 Å². The first kappa shape index (κ1) is 47.1. The Kier molecular flexibility index (Phi) is 19.0. The van der Waals surface area contributed by atoms with Gasteiger partial charge in [0.25, 0.3) is 0 Å². The maximum absolute atomic E-state index is 10.1. The van der Waals surface area contributed by atoms with Gasteiger partial charge >= 0.3 is 0 Å². The van der Waals surface area contributed by atoms with Crippen LogP contribution in [-0.4, -0.2) is 79.1 Å². The first-order valence-corrected chi connectivity index (χ1v) is 22.7. The maximum atomic E-state index is 10.1. The van der Waals surface area contributed by atoms with Crippen molar-refractivity contribution < 1.29 is 0 Å². The van der Waals surface area contributed by atoms with Crippen LogP contribution in [0.3, 0.4) is 0 Å². The number of rotatable bonds is 20. The average molecular weight is 829 g/mol. The summed E-state index contributed by atoms with van der Waals surface area (Å²) in [6.07, 6.45) is 6.91. The molecule has 1 N–H and O–H groups in total. The molecule has 10 nitrogen and oxygen atoms in total. The van der Waals surface area contributed by atoms with E-state index in [4.69, 9.17) is 23.7 Å². The summed E-state index contributed by atoms with van der Waals surface area (Å²) in [4.78, 5) is 16.5. The fourth-order valence-electron chi connectivity index (χ4n) is 8.54. The van der Waals surface area contributed by atoms with E-state index < -0.39 is 10.8 Å². The Morgan fingerprint density at radius 2 is 1.31 bits per heavy atom. The molecule has 0 saturated carbocycles. The summed E-state index contributed by atoms with van der Waals surface area (Å²) in [5.41, 5.74) is 0.260. The molecule has 0 spiro atoms. The molecule has 3 aromatic rings. The Morgan fingerprint density at radius 3 is 1.80 bits per heavy atom. The molecule has 2 aromatic heterocycles. The van der Waals surface area contributed by atoms with Gasteiger partial charge in [0, 0.05) is 67.4 Å². The Morgan fingerprint density at radius 1 is 0.763 bits per heavy atom. The van der Waals surface area contributed by atoms with Crippen molar-refractivity contribution in [2.45, 2.75) is 109 Å². The molecule has 2 fully saturated rings. The summed E-state index contributed by atoms with van der Waals surface area (Å²) >= 11 is 2.93. The Labute approximate surface area is 361 Å². The zero-order chi connectivity index (χ0) is 42.7.